The molecule has 0 N–H and O–H groups in total. The van der Waals surface area contributed by atoms with Gasteiger partial charge in [-0.2, -0.15) is 16.6 Å². The van der Waals surface area contributed by atoms with E-state index in [-0.39, 0.29) is 11.3 Å². The molecule has 0 aliphatic rings. The predicted octanol–water partition coefficient (Wildman–Crippen LogP) is 3.38. The molecule has 0 saturated heterocycles. The van der Waals surface area contributed by atoms with Crippen molar-refractivity contribution in [1.29, 1.82) is 5.26 Å². The largest absolute Gasteiger partial charge is 0.546 e. The van der Waals surface area contributed by atoms with Gasteiger partial charge in [0, 0.05) is 11.6 Å². The normalized spacial score (nSPS) is 11.4. The molecule has 1 atom stereocenters. The zero-order valence-corrected chi connectivity index (χ0v) is 15.4. The Labute approximate surface area is 161 Å². The van der Waals surface area contributed by atoms with Crippen LogP contribution in [0.15, 0.2) is 59.3 Å². The summed E-state index contributed by atoms with van der Waals surface area (Å²) >= 11 is 1.57. The van der Waals surface area contributed by atoms with E-state index in [0.29, 0.717) is 17.9 Å². The van der Waals surface area contributed by atoms with Crippen LogP contribution in [-0.4, -0.2) is 5.97 Å². The van der Waals surface area contributed by atoms with Gasteiger partial charge in [-0.15, -0.1) is 0 Å². The van der Waals surface area contributed by atoms with Crippen molar-refractivity contribution in [1.82, 2.24) is 0 Å². The molecule has 0 spiro atoms. The van der Waals surface area contributed by atoms with E-state index in [1.165, 1.54) is 6.07 Å². The Balaban J connectivity index is 1.87. The molecule has 2 aromatic carbocycles. The third kappa shape index (κ3) is 4.46. The van der Waals surface area contributed by atoms with E-state index < -0.39 is 12.1 Å². The Hall–Kier alpha value is -3.30. The van der Waals surface area contributed by atoms with Crippen LogP contribution in [0.25, 0.3) is 0 Å². The lowest BCUT2D eigenvalue weighted by molar-refractivity contribution is -0.314. The van der Waals surface area contributed by atoms with E-state index in [0.717, 1.165) is 11.1 Å². The van der Waals surface area contributed by atoms with Crippen LogP contribution >= 0.6 is 11.3 Å². The smallest absolute Gasteiger partial charge is 0.163 e. The summed E-state index contributed by atoms with van der Waals surface area (Å²) in [4.78, 5) is 11.7. The number of nitrogens with zero attached hydrogens (tertiary/aromatic N) is 1. The van der Waals surface area contributed by atoms with Crippen LogP contribution in [0.4, 0.5) is 0 Å². The molecule has 1 heterocycles. The van der Waals surface area contributed by atoms with Gasteiger partial charge in [0.2, 0.25) is 0 Å². The third-order valence-electron chi connectivity index (χ3n) is 3.99. The fraction of sp³-hybridized carbons (Fsp3) is 0.143. The van der Waals surface area contributed by atoms with Crippen LogP contribution in [0.1, 0.15) is 28.4 Å². The number of carboxylic acids is 1. The van der Waals surface area contributed by atoms with E-state index >= 15 is 0 Å². The van der Waals surface area contributed by atoms with Gasteiger partial charge in [0.05, 0.1) is 11.5 Å². The fourth-order valence-electron chi connectivity index (χ4n) is 2.57. The van der Waals surface area contributed by atoms with Gasteiger partial charge < -0.3 is 19.4 Å². The minimum absolute atomic E-state index is 0.137. The highest BCUT2D eigenvalue weighted by Crippen LogP contribution is 2.30. The first kappa shape index (κ1) is 18.5. The quantitative estimate of drug-likeness (QED) is 0.629. The zero-order valence-electron chi connectivity index (χ0n) is 14.5. The average molecular weight is 378 g/mol. The summed E-state index contributed by atoms with van der Waals surface area (Å²) in [6.07, 6.45) is -1.33. The highest BCUT2D eigenvalue weighted by atomic mass is 32.1. The lowest BCUT2D eigenvalue weighted by atomic mass is 10.0. The van der Waals surface area contributed by atoms with Crippen LogP contribution < -0.4 is 14.6 Å². The van der Waals surface area contributed by atoms with Gasteiger partial charge in [0.1, 0.15) is 24.2 Å². The third-order valence-corrected chi connectivity index (χ3v) is 4.72. The van der Waals surface area contributed by atoms with Gasteiger partial charge in [-0.1, -0.05) is 24.3 Å². The molecule has 0 saturated carbocycles. The standard InChI is InChI=1S/C21H17NO4S/c1-14-4-2-3-5-18(14)20(21(23)24)26-19-10-17(7-6-16(19)11-22)25-12-15-8-9-27-13-15/h2-10,13,20H,12H2,1H3,(H,23,24)/p-1. The second-order valence-electron chi connectivity index (χ2n) is 5.86. The summed E-state index contributed by atoms with van der Waals surface area (Å²) in [7, 11) is 0. The molecule has 1 unspecified atom stereocenters. The number of benzene rings is 2. The molecule has 0 aliphatic heterocycles. The van der Waals surface area contributed by atoms with Crippen molar-refractivity contribution in [3.05, 3.63) is 81.5 Å². The second-order valence-corrected chi connectivity index (χ2v) is 6.64. The molecular weight excluding hydrogens is 362 g/mol. The molecular formula is C21H16NO4S-. The van der Waals surface area contributed by atoms with Crippen molar-refractivity contribution in [2.75, 3.05) is 0 Å². The Morgan fingerprint density at radius 3 is 2.74 bits per heavy atom. The van der Waals surface area contributed by atoms with Gasteiger partial charge in [-0.3, -0.25) is 0 Å². The second kappa shape index (κ2) is 8.39. The highest BCUT2D eigenvalue weighted by Gasteiger charge is 2.19. The molecule has 3 aromatic rings. The number of aliphatic carboxylic acids is 1. The number of aryl methyl sites for hydroxylation is 1. The monoisotopic (exact) mass is 378 g/mol. The van der Waals surface area contributed by atoms with Crippen molar-refractivity contribution in [3.8, 4) is 17.6 Å². The molecule has 27 heavy (non-hydrogen) atoms. The number of ether oxygens (including phenoxy) is 2. The Bertz CT molecular complexity index is 976. The molecule has 0 bridgehead atoms. The molecule has 0 radical (unpaired) electrons. The first-order valence-corrected chi connectivity index (χ1v) is 9.14. The lowest BCUT2D eigenvalue weighted by Crippen LogP contribution is -2.33. The molecule has 5 nitrogen and oxygen atoms in total. The fourth-order valence-corrected chi connectivity index (χ4v) is 3.22. The van der Waals surface area contributed by atoms with Crippen molar-refractivity contribution in [2.45, 2.75) is 19.6 Å². The number of hydrogen-bond donors (Lipinski definition) is 0. The number of carbonyl (C=O) groups is 1. The molecule has 1 aromatic heterocycles. The molecule has 0 amide bonds. The number of carboxylic acid groups (broad SMARTS) is 1. The molecule has 3 rings (SSSR count). The van der Waals surface area contributed by atoms with Crippen LogP contribution in [0, 0.1) is 18.3 Å². The molecule has 6 heteroatoms. The van der Waals surface area contributed by atoms with Gasteiger partial charge in [0.15, 0.2) is 6.10 Å². The summed E-state index contributed by atoms with van der Waals surface area (Å²) in [6, 6.07) is 15.7. The van der Waals surface area contributed by atoms with E-state index in [9.17, 15) is 15.2 Å². The van der Waals surface area contributed by atoms with Crippen LogP contribution in [0.5, 0.6) is 11.5 Å². The maximum absolute atomic E-state index is 11.7. The van der Waals surface area contributed by atoms with E-state index in [1.54, 1.807) is 48.6 Å². The first-order chi connectivity index (χ1) is 13.1. The summed E-state index contributed by atoms with van der Waals surface area (Å²) < 4.78 is 11.4. The van der Waals surface area contributed by atoms with Crippen molar-refractivity contribution >= 4 is 17.3 Å². The molecule has 136 valence electrons. The number of hydrogen-bond acceptors (Lipinski definition) is 6. The number of nitriles is 1. The van der Waals surface area contributed by atoms with Crippen LogP contribution in [0.3, 0.4) is 0 Å². The zero-order chi connectivity index (χ0) is 19.2. The Morgan fingerprint density at radius 2 is 2.07 bits per heavy atom. The SMILES string of the molecule is Cc1ccccc1C(Oc1cc(OCc2ccsc2)ccc1C#N)C(=O)[O-]. The lowest BCUT2D eigenvalue weighted by Gasteiger charge is -2.23. The van der Waals surface area contributed by atoms with Gasteiger partial charge in [-0.25, -0.2) is 0 Å². The van der Waals surface area contributed by atoms with Gasteiger partial charge in [-0.05, 0) is 47.0 Å². The summed E-state index contributed by atoms with van der Waals surface area (Å²) in [5.41, 5.74) is 2.48. The topological polar surface area (TPSA) is 82.4 Å². The highest BCUT2D eigenvalue weighted by molar-refractivity contribution is 7.07. The maximum atomic E-state index is 11.7. The first-order valence-electron chi connectivity index (χ1n) is 8.19. The van der Waals surface area contributed by atoms with Crippen molar-refractivity contribution in [2.24, 2.45) is 0 Å². The predicted molar refractivity (Wildman–Crippen MR) is 99.4 cm³/mol. The summed E-state index contributed by atoms with van der Waals surface area (Å²) in [5, 5.41) is 24.9. The van der Waals surface area contributed by atoms with Gasteiger partial charge in [0.25, 0.3) is 0 Å². The van der Waals surface area contributed by atoms with Crippen LogP contribution in [-0.2, 0) is 11.4 Å². The summed E-state index contributed by atoms with van der Waals surface area (Å²) in [5.74, 6) is -0.757. The van der Waals surface area contributed by atoms with Crippen molar-refractivity contribution in [3.63, 3.8) is 0 Å². The Kier molecular flexibility index (Phi) is 5.74. The minimum atomic E-state index is -1.38. The minimum Gasteiger partial charge on any atom is -0.546 e. The van der Waals surface area contributed by atoms with Crippen molar-refractivity contribution < 1.29 is 19.4 Å². The number of thiophene rings is 1. The van der Waals surface area contributed by atoms with E-state index in [2.05, 4.69) is 0 Å². The maximum Gasteiger partial charge on any atom is 0.163 e. The summed E-state index contributed by atoms with van der Waals surface area (Å²) in [6.45, 7) is 2.16. The number of carbonyl (C=O) groups excluding carboxylic acids is 1. The van der Waals surface area contributed by atoms with E-state index in [4.69, 9.17) is 9.47 Å². The Morgan fingerprint density at radius 1 is 1.26 bits per heavy atom. The molecule has 0 fully saturated rings. The van der Waals surface area contributed by atoms with E-state index in [1.807, 2.05) is 29.0 Å². The van der Waals surface area contributed by atoms with Crippen LogP contribution in [0.2, 0.25) is 0 Å². The number of rotatable bonds is 7. The average Bonchev–Trinajstić information content (AvgIpc) is 3.18. The molecule has 0 aliphatic carbocycles. The van der Waals surface area contributed by atoms with Gasteiger partial charge >= 0.3 is 0 Å².